The van der Waals surface area contributed by atoms with Gasteiger partial charge in [-0.3, -0.25) is 4.68 Å². The molecule has 2 aromatic rings. The second-order valence-corrected chi connectivity index (χ2v) is 5.45. The van der Waals surface area contributed by atoms with Gasteiger partial charge in [-0.1, -0.05) is 6.07 Å². The average Bonchev–Trinajstić information content (AvgIpc) is 2.90. The zero-order valence-corrected chi connectivity index (χ0v) is 11.0. The van der Waals surface area contributed by atoms with Crippen molar-refractivity contribution in [2.45, 2.75) is 31.7 Å². The summed E-state index contributed by atoms with van der Waals surface area (Å²) in [6, 6.07) is 6.56. The second-order valence-electron chi connectivity index (χ2n) is 4.42. The summed E-state index contributed by atoms with van der Waals surface area (Å²) in [6.07, 6.45) is 6.22. The molecular formula is C13H19N3S. The molecule has 0 spiro atoms. The van der Waals surface area contributed by atoms with E-state index in [2.05, 4.69) is 22.6 Å². The molecule has 0 aliphatic rings. The standard InChI is InChI=1S/C13H19N3S/c1-16-8-7-12(15-16)10-11(14)4-2-5-13-6-3-9-17-13/h3,6-9,11H,2,4-5,10,14H2,1H3. The number of hydrogen-bond acceptors (Lipinski definition) is 3. The van der Waals surface area contributed by atoms with Gasteiger partial charge < -0.3 is 5.73 Å². The van der Waals surface area contributed by atoms with Crippen LogP contribution in [0, 0.1) is 0 Å². The molecule has 2 heterocycles. The van der Waals surface area contributed by atoms with Crippen LogP contribution in [0.5, 0.6) is 0 Å². The zero-order valence-electron chi connectivity index (χ0n) is 10.2. The molecule has 0 radical (unpaired) electrons. The van der Waals surface area contributed by atoms with E-state index in [1.165, 1.54) is 4.88 Å². The maximum Gasteiger partial charge on any atom is 0.0639 e. The fraction of sp³-hybridized carbons (Fsp3) is 0.462. The van der Waals surface area contributed by atoms with Crippen LogP contribution in [-0.4, -0.2) is 15.8 Å². The van der Waals surface area contributed by atoms with Gasteiger partial charge in [0.25, 0.3) is 0 Å². The summed E-state index contributed by atoms with van der Waals surface area (Å²) >= 11 is 1.83. The minimum atomic E-state index is 0.227. The highest BCUT2D eigenvalue weighted by molar-refractivity contribution is 7.09. The Morgan fingerprint density at radius 3 is 3.00 bits per heavy atom. The minimum Gasteiger partial charge on any atom is -0.327 e. The lowest BCUT2D eigenvalue weighted by atomic mass is 10.1. The fourth-order valence-electron chi connectivity index (χ4n) is 1.94. The first-order chi connectivity index (χ1) is 8.24. The lowest BCUT2D eigenvalue weighted by Gasteiger charge is -2.09. The van der Waals surface area contributed by atoms with E-state index in [-0.39, 0.29) is 6.04 Å². The third kappa shape index (κ3) is 3.98. The average molecular weight is 249 g/mol. The van der Waals surface area contributed by atoms with Crippen LogP contribution in [0.1, 0.15) is 23.4 Å². The summed E-state index contributed by atoms with van der Waals surface area (Å²) in [6.45, 7) is 0. The quantitative estimate of drug-likeness (QED) is 0.854. The maximum atomic E-state index is 6.11. The first-order valence-corrected chi connectivity index (χ1v) is 6.88. The zero-order chi connectivity index (χ0) is 12.1. The van der Waals surface area contributed by atoms with Crippen molar-refractivity contribution in [1.82, 2.24) is 9.78 Å². The number of hydrogen-bond donors (Lipinski definition) is 1. The first-order valence-electron chi connectivity index (χ1n) is 6.00. The third-order valence-electron chi connectivity index (χ3n) is 2.82. The van der Waals surface area contributed by atoms with Crippen molar-refractivity contribution in [1.29, 1.82) is 0 Å². The van der Waals surface area contributed by atoms with Crippen molar-refractivity contribution in [3.8, 4) is 0 Å². The van der Waals surface area contributed by atoms with Crippen LogP contribution in [0.3, 0.4) is 0 Å². The molecule has 17 heavy (non-hydrogen) atoms. The normalized spacial score (nSPS) is 12.8. The predicted molar refractivity (Wildman–Crippen MR) is 72.1 cm³/mol. The van der Waals surface area contributed by atoms with Gasteiger partial charge in [-0.25, -0.2) is 0 Å². The van der Waals surface area contributed by atoms with E-state index in [9.17, 15) is 0 Å². The van der Waals surface area contributed by atoms with Crippen molar-refractivity contribution in [3.63, 3.8) is 0 Å². The van der Waals surface area contributed by atoms with E-state index in [4.69, 9.17) is 5.73 Å². The molecule has 0 aliphatic heterocycles. The van der Waals surface area contributed by atoms with Crippen LogP contribution in [0.15, 0.2) is 29.8 Å². The van der Waals surface area contributed by atoms with Crippen LogP contribution in [-0.2, 0) is 19.9 Å². The number of rotatable bonds is 6. The molecule has 2 aromatic heterocycles. The van der Waals surface area contributed by atoms with Crippen molar-refractivity contribution in [2.75, 3.05) is 0 Å². The molecule has 1 atom stereocenters. The minimum absolute atomic E-state index is 0.227. The molecule has 2 rings (SSSR count). The SMILES string of the molecule is Cn1ccc(CC(N)CCCc2cccs2)n1. The van der Waals surface area contributed by atoms with Crippen LogP contribution in [0.25, 0.3) is 0 Å². The lowest BCUT2D eigenvalue weighted by Crippen LogP contribution is -2.23. The molecule has 92 valence electrons. The van der Waals surface area contributed by atoms with Crippen molar-refractivity contribution in [3.05, 3.63) is 40.3 Å². The van der Waals surface area contributed by atoms with Crippen LogP contribution >= 0.6 is 11.3 Å². The Balaban J connectivity index is 1.69. The Morgan fingerprint density at radius 2 is 2.35 bits per heavy atom. The molecule has 0 aliphatic carbocycles. The summed E-state index contributed by atoms with van der Waals surface area (Å²) in [5.41, 5.74) is 7.20. The number of aryl methyl sites for hydroxylation is 2. The molecule has 0 aromatic carbocycles. The largest absolute Gasteiger partial charge is 0.327 e. The van der Waals surface area contributed by atoms with E-state index in [1.807, 2.05) is 35.3 Å². The number of aromatic nitrogens is 2. The molecule has 2 N–H and O–H groups in total. The van der Waals surface area contributed by atoms with Gasteiger partial charge in [0.05, 0.1) is 5.69 Å². The molecule has 0 fully saturated rings. The van der Waals surface area contributed by atoms with Crippen molar-refractivity contribution < 1.29 is 0 Å². The van der Waals surface area contributed by atoms with Crippen LogP contribution in [0.2, 0.25) is 0 Å². The van der Waals surface area contributed by atoms with E-state index < -0.39 is 0 Å². The van der Waals surface area contributed by atoms with Gasteiger partial charge >= 0.3 is 0 Å². The van der Waals surface area contributed by atoms with Crippen molar-refractivity contribution in [2.24, 2.45) is 12.8 Å². The molecule has 3 nitrogen and oxygen atoms in total. The summed E-state index contributed by atoms with van der Waals surface area (Å²) < 4.78 is 1.83. The van der Waals surface area contributed by atoms with Gasteiger partial charge in [-0.05, 0) is 36.8 Å². The van der Waals surface area contributed by atoms with Gasteiger partial charge in [0.2, 0.25) is 0 Å². The highest BCUT2D eigenvalue weighted by atomic mass is 32.1. The number of thiophene rings is 1. The number of nitrogens with two attached hydrogens (primary N) is 1. The molecular weight excluding hydrogens is 230 g/mol. The Labute approximate surface area is 106 Å². The molecule has 0 bridgehead atoms. The van der Waals surface area contributed by atoms with Gasteiger partial charge in [-0.15, -0.1) is 11.3 Å². The van der Waals surface area contributed by atoms with Gasteiger partial charge in [0, 0.05) is 30.6 Å². The molecule has 0 saturated carbocycles. The van der Waals surface area contributed by atoms with Gasteiger partial charge in [-0.2, -0.15) is 5.10 Å². The van der Waals surface area contributed by atoms with E-state index in [1.54, 1.807) is 0 Å². The summed E-state index contributed by atoms with van der Waals surface area (Å²) in [5.74, 6) is 0. The van der Waals surface area contributed by atoms with Crippen molar-refractivity contribution >= 4 is 11.3 Å². The van der Waals surface area contributed by atoms with Gasteiger partial charge in [0.1, 0.15) is 0 Å². The second kappa shape index (κ2) is 5.98. The highest BCUT2D eigenvalue weighted by Gasteiger charge is 2.06. The lowest BCUT2D eigenvalue weighted by molar-refractivity contribution is 0.570. The smallest absolute Gasteiger partial charge is 0.0639 e. The summed E-state index contributed by atoms with van der Waals surface area (Å²) in [7, 11) is 1.94. The summed E-state index contributed by atoms with van der Waals surface area (Å²) in [4.78, 5) is 1.45. The molecule has 1 unspecified atom stereocenters. The Kier molecular flexibility index (Phi) is 4.34. The molecule has 0 saturated heterocycles. The molecule has 0 amide bonds. The maximum absolute atomic E-state index is 6.11. The Hall–Kier alpha value is -1.13. The van der Waals surface area contributed by atoms with E-state index in [0.717, 1.165) is 31.4 Å². The third-order valence-corrected chi connectivity index (χ3v) is 3.75. The van der Waals surface area contributed by atoms with E-state index >= 15 is 0 Å². The predicted octanol–water partition coefficient (Wildman–Crippen LogP) is 2.37. The Bertz CT molecular complexity index is 433. The van der Waals surface area contributed by atoms with Gasteiger partial charge in [0.15, 0.2) is 0 Å². The molecule has 4 heteroatoms. The van der Waals surface area contributed by atoms with E-state index in [0.29, 0.717) is 0 Å². The first kappa shape index (κ1) is 12.3. The highest BCUT2D eigenvalue weighted by Crippen LogP contribution is 2.13. The topological polar surface area (TPSA) is 43.8 Å². The fourth-order valence-corrected chi connectivity index (χ4v) is 2.69. The Morgan fingerprint density at radius 1 is 1.47 bits per heavy atom. The van der Waals surface area contributed by atoms with Crippen LogP contribution in [0.4, 0.5) is 0 Å². The summed E-state index contributed by atoms with van der Waals surface area (Å²) in [5, 5.41) is 6.48. The van der Waals surface area contributed by atoms with Crippen LogP contribution < -0.4 is 5.73 Å². The number of nitrogens with zero attached hydrogens (tertiary/aromatic N) is 2. The monoisotopic (exact) mass is 249 g/mol.